The first kappa shape index (κ1) is 58.3. The summed E-state index contributed by atoms with van der Waals surface area (Å²) in [5.41, 5.74) is 0. The van der Waals surface area contributed by atoms with Gasteiger partial charge in [-0.1, -0.05) is 250 Å². The molecule has 0 aromatic rings. The van der Waals surface area contributed by atoms with E-state index in [1.54, 1.807) is 0 Å². The van der Waals surface area contributed by atoms with Crippen molar-refractivity contribution >= 4 is 11.9 Å². The van der Waals surface area contributed by atoms with Crippen molar-refractivity contribution in [3.8, 4) is 0 Å². The zero-order valence-electron chi connectivity index (χ0n) is 40.2. The van der Waals surface area contributed by atoms with Crippen LogP contribution in [0.3, 0.4) is 0 Å². The number of esters is 1. The van der Waals surface area contributed by atoms with E-state index < -0.39 is 12.1 Å². The highest BCUT2D eigenvalue weighted by atomic mass is 16.5. The van der Waals surface area contributed by atoms with Crippen molar-refractivity contribution in [3.05, 3.63) is 24.3 Å². The molecule has 0 aliphatic carbocycles. The van der Waals surface area contributed by atoms with Gasteiger partial charge in [0.25, 0.3) is 0 Å². The molecule has 0 heterocycles. The lowest BCUT2D eigenvalue weighted by Crippen LogP contribution is -2.45. The van der Waals surface area contributed by atoms with Crippen LogP contribution >= 0.6 is 0 Å². The van der Waals surface area contributed by atoms with Crippen molar-refractivity contribution in [2.45, 2.75) is 296 Å². The Morgan fingerprint density at radius 2 is 0.850 bits per heavy atom. The Morgan fingerprint density at radius 1 is 0.467 bits per heavy atom. The monoisotopic (exact) mass is 846 g/mol. The molecule has 0 bridgehead atoms. The number of hydrogen-bond donors (Lipinski definition) is 3. The summed E-state index contributed by atoms with van der Waals surface area (Å²) in [6.07, 6.45) is 58.8. The van der Waals surface area contributed by atoms with Crippen LogP contribution in [0.2, 0.25) is 0 Å². The first-order valence-corrected chi connectivity index (χ1v) is 26.6. The summed E-state index contributed by atoms with van der Waals surface area (Å²) in [6, 6.07) is -0.584. The summed E-state index contributed by atoms with van der Waals surface area (Å²) in [7, 11) is 0. The van der Waals surface area contributed by atoms with E-state index >= 15 is 0 Å². The zero-order chi connectivity index (χ0) is 43.7. The number of allylic oxidation sites excluding steroid dienone is 4. The van der Waals surface area contributed by atoms with Crippen LogP contribution in [0.25, 0.3) is 0 Å². The molecule has 0 saturated heterocycles. The second-order valence-corrected chi connectivity index (χ2v) is 18.2. The standard InChI is InChI=1S/C54H103NO5/c1-3-5-7-9-11-13-15-17-19-22-26-30-34-38-42-46-52(57)51(50-56)55-53(58)47-43-39-35-31-27-23-21-25-29-33-37-41-45-49-60-54(59)48-44-40-36-32-28-24-20-18-16-14-12-10-8-6-4-2/h23,27,35,39,51-52,56-57H,3-22,24-26,28-34,36-38,40-50H2,1-2H3,(H,55,58)/b27-23-,39-35-. The quantitative estimate of drug-likeness (QED) is 0.0322. The van der Waals surface area contributed by atoms with Gasteiger partial charge in [-0.05, 0) is 44.9 Å². The highest BCUT2D eigenvalue weighted by Gasteiger charge is 2.19. The lowest BCUT2D eigenvalue weighted by atomic mass is 10.0. The molecule has 6 heteroatoms. The summed E-state index contributed by atoms with van der Waals surface area (Å²) < 4.78 is 5.46. The fraction of sp³-hybridized carbons (Fsp3) is 0.889. The normalized spacial score (nSPS) is 12.8. The average molecular weight is 846 g/mol. The summed E-state index contributed by atoms with van der Waals surface area (Å²) in [5, 5.41) is 23.1. The number of amides is 1. The van der Waals surface area contributed by atoms with Gasteiger partial charge in [-0.3, -0.25) is 9.59 Å². The molecule has 2 atom stereocenters. The predicted octanol–water partition coefficient (Wildman–Crippen LogP) is 15.9. The third kappa shape index (κ3) is 45.9. The fourth-order valence-electron chi connectivity index (χ4n) is 8.16. The number of nitrogens with one attached hydrogen (secondary N) is 1. The second kappa shape index (κ2) is 50.0. The third-order valence-corrected chi connectivity index (χ3v) is 12.3. The molecule has 60 heavy (non-hydrogen) atoms. The lowest BCUT2D eigenvalue weighted by molar-refractivity contribution is -0.143. The van der Waals surface area contributed by atoms with Crippen LogP contribution in [0.5, 0.6) is 0 Å². The van der Waals surface area contributed by atoms with Crippen molar-refractivity contribution < 1.29 is 24.5 Å². The lowest BCUT2D eigenvalue weighted by Gasteiger charge is -2.22. The molecule has 0 spiro atoms. The third-order valence-electron chi connectivity index (χ3n) is 12.3. The van der Waals surface area contributed by atoms with Gasteiger partial charge in [0.2, 0.25) is 5.91 Å². The second-order valence-electron chi connectivity index (χ2n) is 18.2. The number of rotatable bonds is 49. The number of ether oxygens (including phenoxy) is 1. The highest BCUT2D eigenvalue weighted by Crippen LogP contribution is 2.16. The van der Waals surface area contributed by atoms with Gasteiger partial charge < -0.3 is 20.3 Å². The number of aliphatic hydroxyl groups is 2. The maximum absolute atomic E-state index is 12.4. The van der Waals surface area contributed by atoms with Gasteiger partial charge in [-0.25, -0.2) is 0 Å². The Hall–Kier alpha value is -1.66. The van der Waals surface area contributed by atoms with Crippen molar-refractivity contribution in [1.29, 1.82) is 0 Å². The zero-order valence-corrected chi connectivity index (χ0v) is 40.2. The van der Waals surface area contributed by atoms with Crippen LogP contribution < -0.4 is 5.32 Å². The molecule has 3 N–H and O–H groups in total. The van der Waals surface area contributed by atoms with E-state index in [1.165, 1.54) is 193 Å². The molecule has 1 amide bonds. The van der Waals surface area contributed by atoms with Gasteiger partial charge in [-0.2, -0.15) is 0 Å². The van der Waals surface area contributed by atoms with Crippen LogP contribution in [-0.2, 0) is 14.3 Å². The smallest absolute Gasteiger partial charge is 0.305 e. The molecule has 0 saturated carbocycles. The van der Waals surface area contributed by atoms with Crippen molar-refractivity contribution in [2.24, 2.45) is 0 Å². The Kier molecular flexibility index (Phi) is 48.6. The number of hydrogen-bond acceptors (Lipinski definition) is 5. The Balaban J connectivity index is 3.53. The van der Waals surface area contributed by atoms with Crippen LogP contribution in [0.15, 0.2) is 24.3 Å². The highest BCUT2D eigenvalue weighted by molar-refractivity contribution is 5.76. The molecular weight excluding hydrogens is 743 g/mol. The van der Waals surface area contributed by atoms with Gasteiger partial charge in [-0.15, -0.1) is 0 Å². The molecule has 0 rings (SSSR count). The average Bonchev–Trinajstić information content (AvgIpc) is 3.25. The summed E-state index contributed by atoms with van der Waals surface area (Å²) >= 11 is 0. The van der Waals surface area contributed by atoms with E-state index in [4.69, 9.17) is 4.74 Å². The van der Waals surface area contributed by atoms with Crippen LogP contribution in [0.1, 0.15) is 284 Å². The van der Waals surface area contributed by atoms with Crippen molar-refractivity contribution in [3.63, 3.8) is 0 Å². The Labute approximate surface area is 373 Å². The van der Waals surface area contributed by atoms with Gasteiger partial charge >= 0.3 is 5.97 Å². The van der Waals surface area contributed by atoms with Gasteiger partial charge in [0, 0.05) is 12.8 Å². The molecule has 0 aromatic carbocycles. The van der Waals surface area contributed by atoms with Crippen molar-refractivity contribution in [2.75, 3.05) is 13.2 Å². The van der Waals surface area contributed by atoms with E-state index in [9.17, 15) is 19.8 Å². The van der Waals surface area contributed by atoms with E-state index in [2.05, 4.69) is 37.4 Å². The SMILES string of the molecule is CCCCCCCCCCCCCCCCCC(=O)OCCCCCCCC/C=C\C/C=C\CCC(=O)NC(CO)C(O)CCCCCCCCCCCCCCCCC. The Morgan fingerprint density at radius 3 is 1.30 bits per heavy atom. The summed E-state index contributed by atoms with van der Waals surface area (Å²) in [5.74, 6) is -0.129. The molecule has 0 aromatic heterocycles. The van der Waals surface area contributed by atoms with Gasteiger partial charge in [0.05, 0.1) is 25.4 Å². The summed E-state index contributed by atoms with van der Waals surface area (Å²) in [4.78, 5) is 24.4. The molecule has 2 unspecified atom stereocenters. The van der Waals surface area contributed by atoms with E-state index in [1.807, 2.05) is 6.08 Å². The van der Waals surface area contributed by atoms with Crippen LogP contribution in [-0.4, -0.2) is 47.4 Å². The number of carbonyl (C=O) groups is 2. The Bertz CT molecular complexity index is 935. The molecule has 6 nitrogen and oxygen atoms in total. The molecule has 0 radical (unpaired) electrons. The minimum Gasteiger partial charge on any atom is -0.466 e. The molecule has 0 aliphatic heterocycles. The van der Waals surface area contributed by atoms with Gasteiger partial charge in [0.1, 0.15) is 0 Å². The minimum absolute atomic E-state index is 0.0141. The van der Waals surface area contributed by atoms with E-state index in [0.29, 0.717) is 32.3 Å². The van der Waals surface area contributed by atoms with E-state index in [-0.39, 0.29) is 18.5 Å². The molecular formula is C54H103NO5. The van der Waals surface area contributed by atoms with Gasteiger partial charge in [0.15, 0.2) is 0 Å². The maximum Gasteiger partial charge on any atom is 0.305 e. The first-order valence-electron chi connectivity index (χ1n) is 26.6. The van der Waals surface area contributed by atoms with E-state index in [0.717, 1.165) is 51.4 Å². The topological polar surface area (TPSA) is 95.9 Å². The molecule has 354 valence electrons. The molecule has 0 fully saturated rings. The van der Waals surface area contributed by atoms with Crippen LogP contribution in [0.4, 0.5) is 0 Å². The fourth-order valence-corrected chi connectivity index (χ4v) is 8.16. The van der Waals surface area contributed by atoms with Crippen LogP contribution in [0, 0.1) is 0 Å². The number of carbonyl (C=O) groups excluding carboxylic acids is 2. The first-order chi connectivity index (χ1) is 29.5. The summed E-state index contributed by atoms with van der Waals surface area (Å²) in [6.45, 7) is 4.90. The molecule has 0 aliphatic rings. The number of aliphatic hydroxyl groups excluding tert-OH is 2. The predicted molar refractivity (Wildman–Crippen MR) is 260 cm³/mol. The number of unbranched alkanes of at least 4 members (excludes halogenated alkanes) is 34. The van der Waals surface area contributed by atoms with Crippen molar-refractivity contribution in [1.82, 2.24) is 5.32 Å². The maximum atomic E-state index is 12.4. The largest absolute Gasteiger partial charge is 0.466 e. The minimum atomic E-state index is -0.698.